The Bertz CT molecular complexity index is 891. The number of morpholine rings is 1. The molecule has 3 rings (SSSR count). The molecule has 1 unspecified atom stereocenters. The van der Waals surface area contributed by atoms with Crippen LogP contribution in [0.3, 0.4) is 0 Å². The highest BCUT2D eigenvalue weighted by atomic mass is 16.5. The Morgan fingerprint density at radius 3 is 2.75 bits per heavy atom. The lowest BCUT2D eigenvalue weighted by atomic mass is 10.0. The number of phenols is 1. The molecule has 1 saturated heterocycles. The van der Waals surface area contributed by atoms with Gasteiger partial charge in [0.25, 0.3) is 0 Å². The van der Waals surface area contributed by atoms with Gasteiger partial charge in [0.2, 0.25) is 0 Å². The van der Waals surface area contributed by atoms with E-state index in [1.807, 2.05) is 31.0 Å². The van der Waals surface area contributed by atoms with Gasteiger partial charge >= 0.3 is 6.01 Å². The molecular weight excluding hydrogens is 412 g/mol. The van der Waals surface area contributed by atoms with Gasteiger partial charge in [0.1, 0.15) is 24.2 Å². The summed E-state index contributed by atoms with van der Waals surface area (Å²) in [4.78, 5) is 13.3. The molecule has 0 radical (unpaired) electrons. The fourth-order valence-electron chi connectivity index (χ4n) is 3.45. The molecule has 1 fully saturated rings. The van der Waals surface area contributed by atoms with Gasteiger partial charge < -0.3 is 24.2 Å². The summed E-state index contributed by atoms with van der Waals surface area (Å²) in [5.41, 5.74) is 9.75. The number of nitrogens with one attached hydrogen (secondary N) is 1. The minimum Gasteiger partial charge on any atom is -0.508 e. The Balaban J connectivity index is 1.86. The highest BCUT2D eigenvalue weighted by Crippen LogP contribution is 2.34. The molecule has 0 amide bonds. The van der Waals surface area contributed by atoms with Crippen LogP contribution in [0.1, 0.15) is 22.9 Å². The first-order chi connectivity index (χ1) is 15.5. The Hall–Kier alpha value is -2.82. The largest absolute Gasteiger partial charge is 0.508 e. The molecular formula is C22H32N6O4. The van der Waals surface area contributed by atoms with Crippen LogP contribution in [-0.2, 0) is 9.47 Å². The molecule has 0 spiro atoms. The maximum Gasteiger partial charge on any atom is 0.318 e. The molecule has 2 N–H and O–H groups in total. The van der Waals surface area contributed by atoms with Crippen molar-refractivity contribution < 1.29 is 19.3 Å². The van der Waals surface area contributed by atoms with Gasteiger partial charge in [-0.15, -0.1) is 0 Å². The van der Waals surface area contributed by atoms with E-state index in [-0.39, 0.29) is 11.8 Å². The first kappa shape index (κ1) is 23.8. The van der Waals surface area contributed by atoms with E-state index in [0.29, 0.717) is 36.8 Å². The molecule has 1 aliphatic heterocycles. The number of aromatic hydroxyl groups is 1. The number of hydrogen-bond acceptors (Lipinski definition) is 10. The normalized spacial score (nSPS) is 15.3. The molecule has 2 heterocycles. The second-order valence-electron chi connectivity index (χ2n) is 7.74. The Kier molecular flexibility index (Phi) is 8.72. The van der Waals surface area contributed by atoms with Crippen molar-refractivity contribution in [1.29, 1.82) is 5.53 Å². The van der Waals surface area contributed by atoms with Gasteiger partial charge in [0.05, 0.1) is 25.5 Å². The van der Waals surface area contributed by atoms with E-state index < -0.39 is 6.04 Å². The molecule has 1 aliphatic rings. The predicted molar refractivity (Wildman–Crippen MR) is 120 cm³/mol. The van der Waals surface area contributed by atoms with Crippen molar-refractivity contribution in [3.8, 4) is 11.8 Å². The molecule has 174 valence electrons. The quantitative estimate of drug-likeness (QED) is 0.508. The van der Waals surface area contributed by atoms with Crippen molar-refractivity contribution in [2.45, 2.75) is 13.0 Å². The summed E-state index contributed by atoms with van der Waals surface area (Å²) in [6.07, 6.45) is 0. The second kappa shape index (κ2) is 11.7. The SMILES string of the molecule is COCCN(C)c1cc(C(N=N)c2cc(C)ccc2O)nc(OCCN2CCOCC2)n1. The molecule has 0 saturated carbocycles. The summed E-state index contributed by atoms with van der Waals surface area (Å²) in [5, 5.41) is 14.2. The van der Waals surface area contributed by atoms with Crippen LogP contribution < -0.4 is 9.64 Å². The number of hydrogen-bond donors (Lipinski definition) is 2. The van der Waals surface area contributed by atoms with Gasteiger partial charge in [-0.3, -0.25) is 4.90 Å². The zero-order valence-electron chi connectivity index (χ0n) is 19.0. The van der Waals surface area contributed by atoms with E-state index in [0.717, 1.165) is 38.4 Å². The number of likely N-dealkylation sites (N-methyl/N-ethyl adjacent to an activating group) is 1. The van der Waals surface area contributed by atoms with Crippen molar-refractivity contribution in [3.05, 3.63) is 41.1 Å². The van der Waals surface area contributed by atoms with Crippen molar-refractivity contribution in [1.82, 2.24) is 14.9 Å². The van der Waals surface area contributed by atoms with E-state index in [2.05, 4.69) is 20.0 Å². The Labute approximate surface area is 188 Å². The van der Waals surface area contributed by atoms with E-state index in [1.165, 1.54) is 0 Å². The van der Waals surface area contributed by atoms with Gasteiger partial charge in [-0.2, -0.15) is 15.1 Å². The fourth-order valence-corrected chi connectivity index (χ4v) is 3.45. The molecule has 1 aromatic heterocycles. The van der Waals surface area contributed by atoms with E-state index in [9.17, 15) is 5.11 Å². The standard InChI is InChI=1S/C22H32N6O4/c1-16-4-5-19(29)17(14-16)21(26-23)18-15-20(27(2)6-10-30-3)25-22(24-18)32-13-9-28-7-11-31-12-8-28/h4-5,14-15,21,23,29H,6-13H2,1-3H3. The van der Waals surface area contributed by atoms with Gasteiger partial charge in [-0.25, -0.2) is 5.53 Å². The van der Waals surface area contributed by atoms with Crippen molar-refractivity contribution in [2.75, 3.05) is 71.7 Å². The smallest absolute Gasteiger partial charge is 0.318 e. The van der Waals surface area contributed by atoms with Crippen LogP contribution in [0.15, 0.2) is 29.4 Å². The lowest BCUT2D eigenvalue weighted by Crippen LogP contribution is -2.38. The third-order valence-corrected chi connectivity index (χ3v) is 5.36. The van der Waals surface area contributed by atoms with E-state index >= 15 is 0 Å². The highest BCUT2D eigenvalue weighted by molar-refractivity contribution is 5.46. The molecule has 32 heavy (non-hydrogen) atoms. The predicted octanol–water partition coefficient (Wildman–Crippen LogP) is 2.40. The van der Waals surface area contributed by atoms with Gasteiger partial charge in [-0.05, 0) is 19.1 Å². The van der Waals surface area contributed by atoms with Crippen LogP contribution in [-0.4, -0.2) is 86.7 Å². The number of nitrogens with zero attached hydrogens (tertiary/aromatic N) is 5. The summed E-state index contributed by atoms with van der Waals surface area (Å²) in [6, 6.07) is 6.45. The number of aromatic nitrogens is 2. The van der Waals surface area contributed by atoms with Gasteiger partial charge in [-0.1, -0.05) is 11.6 Å². The number of ether oxygens (including phenoxy) is 3. The topological polar surface area (TPSA) is 116 Å². The number of anilines is 1. The first-order valence-corrected chi connectivity index (χ1v) is 10.7. The molecule has 10 heteroatoms. The number of rotatable bonds is 11. The third-order valence-electron chi connectivity index (χ3n) is 5.36. The second-order valence-corrected chi connectivity index (χ2v) is 7.74. The third kappa shape index (κ3) is 6.35. The van der Waals surface area contributed by atoms with Crippen LogP contribution in [0, 0.1) is 12.5 Å². The summed E-state index contributed by atoms with van der Waals surface area (Å²) >= 11 is 0. The molecule has 0 bridgehead atoms. The summed E-state index contributed by atoms with van der Waals surface area (Å²) in [5.74, 6) is 0.702. The number of methoxy groups -OCH3 is 1. The van der Waals surface area contributed by atoms with Gasteiger partial charge in [0, 0.05) is 52.0 Å². The van der Waals surface area contributed by atoms with Crippen LogP contribution in [0.4, 0.5) is 5.82 Å². The van der Waals surface area contributed by atoms with Crippen LogP contribution >= 0.6 is 0 Å². The summed E-state index contributed by atoms with van der Waals surface area (Å²) in [7, 11) is 3.55. The molecule has 10 nitrogen and oxygen atoms in total. The number of aryl methyl sites for hydroxylation is 1. The number of benzene rings is 1. The maximum atomic E-state index is 10.4. The van der Waals surface area contributed by atoms with Crippen LogP contribution in [0.25, 0.3) is 0 Å². The molecule has 1 atom stereocenters. The van der Waals surface area contributed by atoms with Crippen molar-refractivity contribution in [3.63, 3.8) is 0 Å². The fraction of sp³-hybridized carbons (Fsp3) is 0.545. The van der Waals surface area contributed by atoms with Crippen LogP contribution in [0.2, 0.25) is 0 Å². The minimum absolute atomic E-state index is 0.0688. The Morgan fingerprint density at radius 1 is 1.25 bits per heavy atom. The highest BCUT2D eigenvalue weighted by Gasteiger charge is 2.22. The average molecular weight is 445 g/mol. The monoisotopic (exact) mass is 444 g/mol. The summed E-state index contributed by atoms with van der Waals surface area (Å²) < 4.78 is 16.5. The van der Waals surface area contributed by atoms with Crippen molar-refractivity contribution >= 4 is 5.82 Å². The maximum absolute atomic E-state index is 10.4. The summed E-state index contributed by atoms with van der Waals surface area (Å²) in [6.45, 7) is 7.48. The van der Waals surface area contributed by atoms with E-state index in [1.54, 1.807) is 19.2 Å². The molecule has 1 aromatic carbocycles. The number of phenolic OH excluding ortho intramolecular Hbond substituents is 1. The lowest BCUT2D eigenvalue weighted by Gasteiger charge is -2.26. The van der Waals surface area contributed by atoms with Crippen LogP contribution in [0.5, 0.6) is 11.8 Å². The lowest BCUT2D eigenvalue weighted by molar-refractivity contribution is 0.0317. The zero-order valence-corrected chi connectivity index (χ0v) is 19.0. The van der Waals surface area contributed by atoms with Gasteiger partial charge in [0.15, 0.2) is 0 Å². The van der Waals surface area contributed by atoms with E-state index in [4.69, 9.17) is 19.7 Å². The molecule has 2 aromatic rings. The first-order valence-electron chi connectivity index (χ1n) is 10.7. The van der Waals surface area contributed by atoms with Crippen molar-refractivity contribution in [2.24, 2.45) is 5.11 Å². The zero-order chi connectivity index (χ0) is 22.9. The Morgan fingerprint density at radius 2 is 2.03 bits per heavy atom. The molecule has 0 aliphatic carbocycles. The average Bonchev–Trinajstić information content (AvgIpc) is 2.81. The minimum atomic E-state index is -0.769.